The Kier molecular flexibility index (Phi) is 3.96. The van der Waals surface area contributed by atoms with Crippen LogP contribution in [0.5, 0.6) is 0 Å². The highest BCUT2D eigenvalue weighted by molar-refractivity contribution is 6.09. The summed E-state index contributed by atoms with van der Waals surface area (Å²) < 4.78 is 5.40. The number of benzene rings is 1. The molecule has 2 heterocycles. The van der Waals surface area contributed by atoms with Gasteiger partial charge in [0, 0.05) is 12.2 Å². The standard InChI is InChI=1S/C17H18N2O3/c1-12-7-8-14(22-12)11-18-16(20)15-9-10-19(17(15)21)13-5-3-2-4-6-13/h2-8,15H,9-11H2,1H3,(H,18,20). The summed E-state index contributed by atoms with van der Waals surface area (Å²) in [6.45, 7) is 2.73. The van der Waals surface area contributed by atoms with Gasteiger partial charge in [-0.15, -0.1) is 0 Å². The third-order valence-electron chi connectivity index (χ3n) is 3.82. The Bertz CT molecular complexity index is 678. The summed E-state index contributed by atoms with van der Waals surface area (Å²) in [5, 5.41) is 2.78. The number of furan rings is 1. The van der Waals surface area contributed by atoms with Crippen molar-refractivity contribution < 1.29 is 14.0 Å². The molecule has 5 heteroatoms. The fourth-order valence-corrected chi connectivity index (χ4v) is 2.67. The molecule has 1 unspecified atom stereocenters. The lowest BCUT2D eigenvalue weighted by Crippen LogP contribution is -2.36. The quantitative estimate of drug-likeness (QED) is 0.881. The second-order valence-corrected chi connectivity index (χ2v) is 5.40. The number of nitrogens with one attached hydrogen (secondary N) is 1. The number of amides is 2. The summed E-state index contributed by atoms with van der Waals surface area (Å²) in [5.41, 5.74) is 0.837. The maximum absolute atomic E-state index is 12.4. The molecular weight excluding hydrogens is 280 g/mol. The predicted octanol–water partition coefficient (Wildman–Crippen LogP) is 2.26. The number of aryl methyl sites for hydroxylation is 1. The first-order valence-corrected chi connectivity index (χ1v) is 7.34. The van der Waals surface area contributed by atoms with E-state index in [-0.39, 0.29) is 11.8 Å². The van der Waals surface area contributed by atoms with Gasteiger partial charge in [-0.3, -0.25) is 9.59 Å². The van der Waals surface area contributed by atoms with Gasteiger partial charge < -0.3 is 14.6 Å². The molecule has 1 aliphatic heterocycles. The number of carbonyl (C=O) groups excluding carboxylic acids is 2. The molecule has 3 rings (SSSR count). The molecule has 0 bridgehead atoms. The van der Waals surface area contributed by atoms with E-state index in [1.54, 1.807) is 4.90 Å². The third-order valence-corrected chi connectivity index (χ3v) is 3.82. The molecule has 22 heavy (non-hydrogen) atoms. The van der Waals surface area contributed by atoms with Crippen LogP contribution in [-0.4, -0.2) is 18.4 Å². The van der Waals surface area contributed by atoms with Gasteiger partial charge in [-0.2, -0.15) is 0 Å². The molecule has 1 fully saturated rings. The maximum Gasteiger partial charge on any atom is 0.239 e. The molecule has 1 aromatic carbocycles. The summed E-state index contributed by atoms with van der Waals surface area (Å²) >= 11 is 0. The monoisotopic (exact) mass is 298 g/mol. The lowest BCUT2D eigenvalue weighted by molar-refractivity contribution is -0.132. The van der Waals surface area contributed by atoms with Crippen LogP contribution < -0.4 is 10.2 Å². The van der Waals surface area contributed by atoms with Gasteiger partial charge in [0.15, 0.2) is 0 Å². The lowest BCUT2D eigenvalue weighted by Gasteiger charge is -2.16. The van der Waals surface area contributed by atoms with E-state index in [1.165, 1.54) is 0 Å². The molecule has 2 aromatic rings. The van der Waals surface area contributed by atoms with Crippen LogP contribution in [0.2, 0.25) is 0 Å². The van der Waals surface area contributed by atoms with E-state index in [9.17, 15) is 9.59 Å². The minimum absolute atomic E-state index is 0.140. The van der Waals surface area contributed by atoms with Crippen molar-refractivity contribution in [2.75, 3.05) is 11.4 Å². The number of para-hydroxylation sites is 1. The van der Waals surface area contributed by atoms with Crippen LogP contribution in [0.15, 0.2) is 46.9 Å². The van der Waals surface area contributed by atoms with E-state index in [0.717, 1.165) is 11.4 Å². The highest BCUT2D eigenvalue weighted by Crippen LogP contribution is 2.25. The van der Waals surface area contributed by atoms with Gasteiger partial charge in [0.1, 0.15) is 17.4 Å². The minimum Gasteiger partial charge on any atom is -0.465 e. The van der Waals surface area contributed by atoms with Crippen LogP contribution >= 0.6 is 0 Å². The van der Waals surface area contributed by atoms with E-state index in [4.69, 9.17) is 4.42 Å². The summed E-state index contributed by atoms with van der Waals surface area (Å²) in [6.07, 6.45) is 0.538. The fraction of sp³-hybridized carbons (Fsp3) is 0.294. The van der Waals surface area contributed by atoms with Crippen LogP contribution in [0.1, 0.15) is 17.9 Å². The molecule has 1 aliphatic rings. The topological polar surface area (TPSA) is 62.6 Å². The molecule has 0 saturated carbocycles. The largest absolute Gasteiger partial charge is 0.465 e. The number of carbonyl (C=O) groups is 2. The predicted molar refractivity (Wildman–Crippen MR) is 82.2 cm³/mol. The Balaban J connectivity index is 1.61. The highest BCUT2D eigenvalue weighted by Gasteiger charge is 2.37. The summed E-state index contributed by atoms with van der Waals surface area (Å²) in [4.78, 5) is 26.3. The molecule has 0 aliphatic carbocycles. The number of rotatable bonds is 4. The van der Waals surface area contributed by atoms with Crippen LogP contribution in [0.3, 0.4) is 0 Å². The van der Waals surface area contributed by atoms with E-state index >= 15 is 0 Å². The smallest absolute Gasteiger partial charge is 0.239 e. The van der Waals surface area contributed by atoms with E-state index < -0.39 is 5.92 Å². The van der Waals surface area contributed by atoms with Gasteiger partial charge in [-0.05, 0) is 37.6 Å². The lowest BCUT2D eigenvalue weighted by atomic mass is 10.1. The third kappa shape index (κ3) is 2.88. The Morgan fingerprint density at radius 2 is 2.05 bits per heavy atom. The fourth-order valence-electron chi connectivity index (χ4n) is 2.67. The minimum atomic E-state index is -0.615. The van der Waals surface area contributed by atoms with Crippen molar-refractivity contribution in [3.05, 3.63) is 54.0 Å². The van der Waals surface area contributed by atoms with Crippen molar-refractivity contribution in [3.63, 3.8) is 0 Å². The van der Waals surface area contributed by atoms with Gasteiger partial charge in [-0.25, -0.2) is 0 Å². The molecule has 0 spiro atoms. The van der Waals surface area contributed by atoms with Crippen LogP contribution in [0, 0.1) is 12.8 Å². The first-order valence-electron chi connectivity index (χ1n) is 7.34. The zero-order valence-corrected chi connectivity index (χ0v) is 12.4. The summed E-state index contributed by atoms with van der Waals surface area (Å²) in [5.74, 6) is 0.501. The van der Waals surface area contributed by atoms with Crippen molar-refractivity contribution in [1.29, 1.82) is 0 Å². The van der Waals surface area contributed by atoms with E-state index in [1.807, 2.05) is 49.4 Å². The normalized spacial score (nSPS) is 17.8. The zero-order valence-electron chi connectivity index (χ0n) is 12.4. The summed E-state index contributed by atoms with van der Waals surface area (Å²) in [7, 11) is 0. The molecule has 2 amide bonds. The highest BCUT2D eigenvalue weighted by atomic mass is 16.3. The molecule has 5 nitrogen and oxygen atoms in total. The molecular formula is C17H18N2O3. The van der Waals surface area contributed by atoms with Crippen molar-refractivity contribution in [2.24, 2.45) is 5.92 Å². The molecule has 1 saturated heterocycles. The maximum atomic E-state index is 12.4. The van der Waals surface area contributed by atoms with E-state index in [2.05, 4.69) is 5.32 Å². The van der Waals surface area contributed by atoms with Crippen molar-refractivity contribution in [2.45, 2.75) is 19.9 Å². The van der Waals surface area contributed by atoms with E-state index in [0.29, 0.717) is 25.3 Å². The Hall–Kier alpha value is -2.56. The number of anilines is 1. The molecule has 1 N–H and O–H groups in total. The Morgan fingerprint density at radius 1 is 1.27 bits per heavy atom. The number of hydrogen-bond donors (Lipinski definition) is 1. The second kappa shape index (κ2) is 6.05. The van der Waals surface area contributed by atoms with Gasteiger partial charge in [-0.1, -0.05) is 18.2 Å². The molecule has 114 valence electrons. The van der Waals surface area contributed by atoms with Crippen LogP contribution in [0.25, 0.3) is 0 Å². The van der Waals surface area contributed by atoms with Gasteiger partial charge in [0.25, 0.3) is 0 Å². The molecule has 1 aromatic heterocycles. The van der Waals surface area contributed by atoms with Gasteiger partial charge in [0.05, 0.1) is 6.54 Å². The van der Waals surface area contributed by atoms with Gasteiger partial charge >= 0.3 is 0 Å². The van der Waals surface area contributed by atoms with Gasteiger partial charge in [0.2, 0.25) is 11.8 Å². The number of nitrogens with zero attached hydrogens (tertiary/aromatic N) is 1. The Morgan fingerprint density at radius 3 is 2.73 bits per heavy atom. The van der Waals surface area contributed by atoms with Crippen LogP contribution in [-0.2, 0) is 16.1 Å². The average Bonchev–Trinajstić information content (AvgIpc) is 3.12. The van der Waals surface area contributed by atoms with Crippen LogP contribution in [0.4, 0.5) is 5.69 Å². The van der Waals surface area contributed by atoms with Crippen molar-refractivity contribution in [3.8, 4) is 0 Å². The first kappa shape index (κ1) is 14.4. The van der Waals surface area contributed by atoms with Crippen molar-refractivity contribution in [1.82, 2.24) is 5.32 Å². The zero-order chi connectivity index (χ0) is 15.5. The van der Waals surface area contributed by atoms with Crippen molar-refractivity contribution >= 4 is 17.5 Å². The molecule has 1 atom stereocenters. The number of hydrogen-bond acceptors (Lipinski definition) is 3. The second-order valence-electron chi connectivity index (χ2n) is 5.40. The Labute approximate surface area is 128 Å². The first-order chi connectivity index (χ1) is 10.6. The molecule has 0 radical (unpaired) electrons. The summed E-state index contributed by atoms with van der Waals surface area (Å²) in [6, 6.07) is 13.1. The SMILES string of the molecule is Cc1ccc(CNC(=O)C2CCN(c3ccccc3)C2=O)o1. The average molecular weight is 298 g/mol.